The summed E-state index contributed by atoms with van der Waals surface area (Å²) in [6.07, 6.45) is 0.956. The highest BCUT2D eigenvalue weighted by molar-refractivity contribution is 7.80. The van der Waals surface area contributed by atoms with E-state index in [9.17, 15) is 9.18 Å². The highest BCUT2D eigenvalue weighted by Crippen LogP contribution is 2.26. The fourth-order valence-corrected chi connectivity index (χ4v) is 2.55. The highest BCUT2D eigenvalue weighted by Gasteiger charge is 2.15. The van der Waals surface area contributed by atoms with Crippen molar-refractivity contribution in [3.05, 3.63) is 59.4 Å². The van der Waals surface area contributed by atoms with Crippen molar-refractivity contribution in [2.75, 3.05) is 10.6 Å². The van der Waals surface area contributed by atoms with Crippen molar-refractivity contribution in [3.63, 3.8) is 0 Å². The number of carbonyl (C=O) groups excluding carboxylic acids is 1. The molecule has 2 N–H and O–H groups in total. The number of fused-ring (bicyclic) bond motifs is 1. The van der Waals surface area contributed by atoms with Crippen LogP contribution in [0.3, 0.4) is 0 Å². The van der Waals surface area contributed by atoms with Crippen LogP contribution in [0.4, 0.5) is 15.8 Å². The SMILES string of the molecule is O=C(Cc1ccc(F)cc1)Nc1ccc2c(c1)NC(=S)C2. The molecule has 0 bridgehead atoms. The Morgan fingerprint density at radius 1 is 1.24 bits per heavy atom. The second-order valence-electron chi connectivity index (χ2n) is 4.95. The summed E-state index contributed by atoms with van der Waals surface area (Å²) in [6, 6.07) is 11.6. The molecule has 3 nitrogen and oxygen atoms in total. The first-order valence-corrected chi connectivity index (χ1v) is 6.98. The van der Waals surface area contributed by atoms with E-state index in [2.05, 4.69) is 10.6 Å². The number of hydrogen-bond donors (Lipinski definition) is 2. The van der Waals surface area contributed by atoms with Gasteiger partial charge in [0, 0.05) is 17.8 Å². The fourth-order valence-electron chi connectivity index (χ4n) is 2.28. The maximum Gasteiger partial charge on any atom is 0.228 e. The third kappa shape index (κ3) is 3.25. The van der Waals surface area contributed by atoms with E-state index >= 15 is 0 Å². The van der Waals surface area contributed by atoms with Crippen molar-refractivity contribution in [1.82, 2.24) is 0 Å². The van der Waals surface area contributed by atoms with E-state index in [1.54, 1.807) is 12.1 Å². The van der Waals surface area contributed by atoms with Gasteiger partial charge < -0.3 is 10.6 Å². The summed E-state index contributed by atoms with van der Waals surface area (Å²) in [7, 11) is 0. The minimum Gasteiger partial charge on any atom is -0.349 e. The fraction of sp³-hybridized carbons (Fsp3) is 0.125. The molecule has 3 rings (SSSR count). The molecule has 0 fully saturated rings. The first kappa shape index (κ1) is 13.7. The van der Waals surface area contributed by atoms with Gasteiger partial charge in [0.1, 0.15) is 5.82 Å². The van der Waals surface area contributed by atoms with Crippen molar-refractivity contribution in [2.45, 2.75) is 12.8 Å². The van der Waals surface area contributed by atoms with Gasteiger partial charge in [0.15, 0.2) is 0 Å². The van der Waals surface area contributed by atoms with Crippen molar-refractivity contribution >= 4 is 34.5 Å². The Kier molecular flexibility index (Phi) is 3.66. The minimum atomic E-state index is -0.306. The van der Waals surface area contributed by atoms with Crippen molar-refractivity contribution in [2.24, 2.45) is 0 Å². The van der Waals surface area contributed by atoms with Crippen LogP contribution in [0.5, 0.6) is 0 Å². The van der Waals surface area contributed by atoms with E-state index in [1.165, 1.54) is 12.1 Å². The quantitative estimate of drug-likeness (QED) is 0.855. The van der Waals surface area contributed by atoms with Crippen molar-refractivity contribution in [3.8, 4) is 0 Å². The number of hydrogen-bond acceptors (Lipinski definition) is 2. The summed E-state index contributed by atoms with van der Waals surface area (Å²) in [5.41, 5.74) is 3.57. The van der Waals surface area contributed by atoms with Crippen molar-refractivity contribution < 1.29 is 9.18 Å². The first-order chi connectivity index (χ1) is 10.1. The Balaban J connectivity index is 1.66. The summed E-state index contributed by atoms with van der Waals surface area (Å²) in [5.74, 6) is -0.443. The van der Waals surface area contributed by atoms with Crippen LogP contribution < -0.4 is 10.6 Å². The number of halogens is 1. The number of carbonyl (C=O) groups is 1. The molecule has 106 valence electrons. The molecule has 0 unspecified atom stereocenters. The number of amides is 1. The number of benzene rings is 2. The van der Waals surface area contributed by atoms with E-state index < -0.39 is 0 Å². The maximum atomic E-state index is 12.8. The lowest BCUT2D eigenvalue weighted by atomic mass is 10.1. The van der Waals surface area contributed by atoms with Gasteiger partial charge in [0.25, 0.3) is 0 Å². The molecule has 0 aromatic heterocycles. The summed E-state index contributed by atoms with van der Waals surface area (Å²) in [6.45, 7) is 0. The molecule has 2 aromatic rings. The molecule has 21 heavy (non-hydrogen) atoms. The zero-order valence-corrected chi connectivity index (χ0v) is 12.0. The Morgan fingerprint density at radius 3 is 2.76 bits per heavy atom. The van der Waals surface area contributed by atoms with Crippen molar-refractivity contribution in [1.29, 1.82) is 0 Å². The molecule has 0 radical (unpaired) electrons. The third-order valence-electron chi connectivity index (χ3n) is 3.30. The normalized spacial score (nSPS) is 12.7. The van der Waals surface area contributed by atoms with Crippen LogP contribution in [-0.2, 0) is 17.6 Å². The van der Waals surface area contributed by atoms with Gasteiger partial charge in [-0.3, -0.25) is 4.79 Å². The Labute approximate surface area is 127 Å². The zero-order valence-electron chi connectivity index (χ0n) is 11.2. The predicted octanol–water partition coefficient (Wildman–Crippen LogP) is 3.30. The van der Waals surface area contributed by atoms with Crippen LogP contribution in [0, 0.1) is 5.82 Å². The van der Waals surface area contributed by atoms with E-state index in [0.717, 1.165) is 33.9 Å². The molecule has 0 spiro atoms. The topological polar surface area (TPSA) is 41.1 Å². The lowest BCUT2D eigenvalue weighted by Crippen LogP contribution is -2.14. The molecule has 1 heterocycles. The third-order valence-corrected chi connectivity index (χ3v) is 3.54. The minimum absolute atomic E-state index is 0.137. The summed E-state index contributed by atoms with van der Waals surface area (Å²) in [5, 5.41) is 5.94. The second kappa shape index (κ2) is 5.61. The van der Waals surface area contributed by atoms with E-state index in [4.69, 9.17) is 12.2 Å². The van der Waals surface area contributed by atoms with Crippen LogP contribution in [0.2, 0.25) is 0 Å². The van der Waals surface area contributed by atoms with Gasteiger partial charge in [-0.1, -0.05) is 30.4 Å². The summed E-state index contributed by atoms with van der Waals surface area (Å²) in [4.78, 5) is 12.8. The molecule has 0 saturated heterocycles. The van der Waals surface area contributed by atoms with Crippen LogP contribution in [-0.4, -0.2) is 10.9 Å². The van der Waals surface area contributed by atoms with Crippen LogP contribution in [0.25, 0.3) is 0 Å². The molecular weight excluding hydrogens is 287 g/mol. The first-order valence-electron chi connectivity index (χ1n) is 6.57. The standard InChI is InChI=1S/C16H13FN2OS/c17-12-4-1-10(2-5-12)7-15(20)18-13-6-3-11-8-16(21)19-14(11)9-13/h1-6,9H,7-8H2,(H,18,20)(H,19,21). The smallest absolute Gasteiger partial charge is 0.228 e. The Morgan fingerprint density at radius 2 is 2.00 bits per heavy atom. The highest BCUT2D eigenvalue weighted by atomic mass is 32.1. The maximum absolute atomic E-state index is 12.8. The number of thiocarbonyl (C=S) groups is 1. The molecule has 0 atom stereocenters. The molecule has 0 saturated carbocycles. The van der Waals surface area contributed by atoms with Gasteiger partial charge in [0.2, 0.25) is 5.91 Å². The Bertz CT molecular complexity index is 713. The molecule has 1 amide bonds. The van der Waals surface area contributed by atoms with Crippen LogP contribution >= 0.6 is 12.2 Å². The lowest BCUT2D eigenvalue weighted by Gasteiger charge is -2.07. The average Bonchev–Trinajstić information content (AvgIpc) is 2.80. The summed E-state index contributed by atoms with van der Waals surface area (Å²) < 4.78 is 12.8. The van der Waals surface area contributed by atoms with Gasteiger partial charge in [-0.05, 0) is 35.4 Å². The van der Waals surface area contributed by atoms with E-state index in [0.29, 0.717) is 0 Å². The van der Waals surface area contributed by atoms with Gasteiger partial charge >= 0.3 is 0 Å². The van der Waals surface area contributed by atoms with Crippen LogP contribution in [0.1, 0.15) is 11.1 Å². The van der Waals surface area contributed by atoms with Gasteiger partial charge in [0.05, 0.1) is 11.4 Å². The van der Waals surface area contributed by atoms with Crippen LogP contribution in [0.15, 0.2) is 42.5 Å². The molecular formula is C16H13FN2OS. The average molecular weight is 300 g/mol. The molecule has 0 aliphatic carbocycles. The van der Waals surface area contributed by atoms with Gasteiger partial charge in [-0.15, -0.1) is 0 Å². The molecule has 2 aromatic carbocycles. The molecule has 1 aliphatic rings. The monoisotopic (exact) mass is 300 g/mol. The second-order valence-corrected chi connectivity index (χ2v) is 5.44. The van der Waals surface area contributed by atoms with E-state index in [1.807, 2.05) is 18.2 Å². The molecule has 5 heteroatoms. The van der Waals surface area contributed by atoms with E-state index in [-0.39, 0.29) is 18.1 Å². The largest absolute Gasteiger partial charge is 0.349 e. The van der Waals surface area contributed by atoms with Gasteiger partial charge in [-0.2, -0.15) is 0 Å². The number of nitrogens with one attached hydrogen (secondary N) is 2. The Hall–Kier alpha value is -2.27. The van der Waals surface area contributed by atoms with Gasteiger partial charge in [-0.25, -0.2) is 4.39 Å². The predicted molar refractivity (Wildman–Crippen MR) is 85.1 cm³/mol. The zero-order chi connectivity index (χ0) is 14.8. The number of rotatable bonds is 3. The molecule has 1 aliphatic heterocycles. The number of anilines is 2. The summed E-state index contributed by atoms with van der Waals surface area (Å²) >= 11 is 5.12. The lowest BCUT2D eigenvalue weighted by molar-refractivity contribution is -0.115.